The van der Waals surface area contributed by atoms with Gasteiger partial charge in [-0.2, -0.15) is 10.2 Å². The summed E-state index contributed by atoms with van der Waals surface area (Å²) in [5, 5.41) is 12.7. The number of thiazole rings is 1. The zero-order valence-electron chi connectivity index (χ0n) is 21.1. The molecule has 0 saturated carbocycles. The lowest BCUT2D eigenvalue weighted by molar-refractivity contribution is 0.0783. The molecule has 0 bridgehead atoms. The third-order valence-electron chi connectivity index (χ3n) is 6.25. The van der Waals surface area contributed by atoms with Gasteiger partial charge >= 0.3 is 0 Å². The van der Waals surface area contributed by atoms with Gasteiger partial charge in [-0.15, -0.1) is 11.3 Å². The van der Waals surface area contributed by atoms with Gasteiger partial charge in [0, 0.05) is 39.4 Å². The van der Waals surface area contributed by atoms with E-state index in [9.17, 15) is 0 Å². The molecule has 1 aliphatic rings. The van der Waals surface area contributed by atoms with E-state index in [1.54, 1.807) is 11.3 Å². The highest BCUT2D eigenvalue weighted by molar-refractivity contribution is 7.19. The number of hydrogen-bond acceptors (Lipinski definition) is 6. The minimum Gasteiger partial charge on any atom is -0.360 e. The number of hydrazone groups is 1. The lowest BCUT2D eigenvalue weighted by Crippen LogP contribution is -2.23. The van der Waals surface area contributed by atoms with E-state index < -0.39 is 8.07 Å². The molecule has 4 aromatic rings. The number of fused-ring (bicyclic) bond motifs is 3. The van der Waals surface area contributed by atoms with E-state index in [2.05, 4.69) is 66.5 Å². The van der Waals surface area contributed by atoms with Gasteiger partial charge in [0.15, 0.2) is 5.65 Å². The average Bonchev–Trinajstić information content (AvgIpc) is 3.51. The van der Waals surface area contributed by atoms with Crippen molar-refractivity contribution in [3.63, 3.8) is 0 Å². The van der Waals surface area contributed by atoms with E-state index in [4.69, 9.17) is 19.9 Å². The molecule has 9 heteroatoms. The summed E-state index contributed by atoms with van der Waals surface area (Å²) in [6.07, 6.45) is 4.75. The van der Waals surface area contributed by atoms with Crippen molar-refractivity contribution >= 4 is 36.0 Å². The SMILES string of the molecule is CCn1c2c(c3sc(Cc4ccn(COCC[Si](C)(C)C)n4)nc31)C=NN(Cc1ccccc1)C2. The van der Waals surface area contributed by atoms with Gasteiger partial charge in [0.25, 0.3) is 0 Å². The molecule has 7 nitrogen and oxygen atoms in total. The van der Waals surface area contributed by atoms with Crippen molar-refractivity contribution in [3.8, 4) is 0 Å². The molecule has 0 atom stereocenters. The van der Waals surface area contributed by atoms with Crippen LogP contribution < -0.4 is 0 Å². The molecular formula is C26H34N6OSSi. The summed E-state index contributed by atoms with van der Waals surface area (Å²) < 4.78 is 11.3. The molecule has 0 spiro atoms. The Hall–Kier alpha value is -2.75. The standard InChI is InChI=1S/C26H34N6OSSi/c1-5-32-23-18-31(17-20-9-7-6-8-10-20)27-16-22(23)25-26(32)28-24(34-25)15-21-11-12-30(29-21)19-33-13-14-35(2,3)4/h6-12,16H,5,13-15,17-19H2,1-4H3. The lowest BCUT2D eigenvalue weighted by atomic mass is 10.2. The van der Waals surface area contributed by atoms with Crippen LogP contribution in [0.15, 0.2) is 47.7 Å². The van der Waals surface area contributed by atoms with Gasteiger partial charge in [-0.3, -0.25) is 5.01 Å². The number of rotatable bonds is 10. The molecule has 0 radical (unpaired) electrons. The van der Waals surface area contributed by atoms with Crippen LogP contribution in [0.2, 0.25) is 25.7 Å². The fourth-order valence-corrected chi connectivity index (χ4v) is 6.22. The fraction of sp³-hybridized carbons (Fsp3) is 0.423. The van der Waals surface area contributed by atoms with Crippen LogP contribution >= 0.6 is 11.3 Å². The number of aromatic nitrogens is 4. The second kappa shape index (κ2) is 10.1. The third kappa shape index (κ3) is 5.57. The molecule has 5 rings (SSSR count). The Morgan fingerprint density at radius 1 is 1.11 bits per heavy atom. The summed E-state index contributed by atoms with van der Waals surface area (Å²) in [6, 6.07) is 13.7. The topological polar surface area (TPSA) is 60.5 Å². The minimum atomic E-state index is -1.07. The van der Waals surface area contributed by atoms with Crippen molar-refractivity contribution in [1.82, 2.24) is 24.3 Å². The Balaban J connectivity index is 1.27. The van der Waals surface area contributed by atoms with Crippen molar-refractivity contribution in [2.75, 3.05) is 6.61 Å². The van der Waals surface area contributed by atoms with Crippen LogP contribution in [-0.4, -0.2) is 45.2 Å². The van der Waals surface area contributed by atoms with E-state index in [1.807, 2.05) is 23.2 Å². The maximum Gasteiger partial charge on any atom is 0.152 e. The maximum atomic E-state index is 5.83. The molecule has 35 heavy (non-hydrogen) atoms. The Bertz CT molecular complexity index is 1320. The molecular weight excluding hydrogens is 472 g/mol. The predicted molar refractivity (Wildman–Crippen MR) is 146 cm³/mol. The van der Waals surface area contributed by atoms with E-state index in [0.29, 0.717) is 6.73 Å². The first kappa shape index (κ1) is 24.0. The van der Waals surface area contributed by atoms with Crippen LogP contribution in [0.25, 0.3) is 10.3 Å². The third-order valence-corrected chi connectivity index (χ3v) is 9.03. The van der Waals surface area contributed by atoms with Gasteiger partial charge < -0.3 is 9.30 Å². The second-order valence-electron chi connectivity index (χ2n) is 10.3. The number of nitrogens with zero attached hydrogens (tertiary/aromatic N) is 6. The molecule has 184 valence electrons. The monoisotopic (exact) mass is 506 g/mol. The van der Waals surface area contributed by atoms with Gasteiger partial charge in [0.05, 0.1) is 35.4 Å². The highest BCUT2D eigenvalue weighted by atomic mass is 32.1. The molecule has 0 unspecified atom stereocenters. The average molecular weight is 507 g/mol. The summed E-state index contributed by atoms with van der Waals surface area (Å²) in [7, 11) is -1.07. The molecule has 3 aromatic heterocycles. The first-order valence-corrected chi connectivity index (χ1v) is 16.9. The van der Waals surface area contributed by atoms with Gasteiger partial charge in [0.2, 0.25) is 0 Å². The largest absolute Gasteiger partial charge is 0.360 e. The van der Waals surface area contributed by atoms with E-state index >= 15 is 0 Å². The van der Waals surface area contributed by atoms with E-state index in [1.165, 1.54) is 27.6 Å². The van der Waals surface area contributed by atoms with Crippen LogP contribution in [0.4, 0.5) is 0 Å². The highest BCUT2D eigenvalue weighted by Gasteiger charge is 2.24. The summed E-state index contributed by atoms with van der Waals surface area (Å²) >= 11 is 1.76. The minimum absolute atomic E-state index is 0.509. The fourth-order valence-electron chi connectivity index (χ4n) is 4.34. The smallest absolute Gasteiger partial charge is 0.152 e. The van der Waals surface area contributed by atoms with Crippen LogP contribution in [0.1, 0.15) is 34.4 Å². The molecule has 0 amide bonds. The van der Waals surface area contributed by atoms with Crippen molar-refractivity contribution in [2.24, 2.45) is 5.10 Å². The van der Waals surface area contributed by atoms with Crippen molar-refractivity contribution in [3.05, 3.63) is 70.1 Å². The summed E-state index contributed by atoms with van der Waals surface area (Å²) in [6.45, 7) is 13.1. The van der Waals surface area contributed by atoms with Crippen LogP contribution in [-0.2, 0) is 37.5 Å². The molecule has 1 aromatic carbocycles. The molecule has 0 N–H and O–H groups in total. The quantitative estimate of drug-likeness (QED) is 0.208. The van der Waals surface area contributed by atoms with Crippen molar-refractivity contribution < 1.29 is 4.74 Å². The van der Waals surface area contributed by atoms with Crippen LogP contribution in [0.5, 0.6) is 0 Å². The summed E-state index contributed by atoms with van der Waals surface area (Å²) in [4.78, 5) is 5.03. The van der Waals surface area contributed by atoms with Crippen LogP contribution in [0.3, 0.4) is 0 Å². The van der Waals surface area contributed by atoms with E-state index in [0.717, 1.165) is 49.0 Å². The number of ether oxygens (including phenoxy) is 1. The maximum absolute atomic E-state index is 5.83. The number of hydrogen-bond donors (Lipinski definition) is 0. The first-order chi connectivity index (χ1) is 16.9. The summed E-state index contributed by atoms with van der Waals surface area (Å²) in [5.41, 5.74) is 5.88. The number of benzene rings is 1. The highest BCUT2D eigenvalue weighted by Crippen LogP contribution is 2.34. The molecule has 0 fully saturated rings. The lowest BCUT2D eigenvalue weighted by Gasteiger charge is -2.24. The molecule has 1 aliphatic heterocycles. The zero-order valence-corrected chi connectivity index (χ0v) is 22.9. The second-order valence-corrected chi connectivity index (χ2v) is 17.0. The molecule has 0 aliphatic carbocycles. The van der Waals surface area contributed by atoms with Gasteiger partial charge in [-0.1, -0.05) is 50.0 Å². The molecule has 0 saturated heterocycles. The van der Waals surface area contributed by atoms with Crippen molar-refractivity contribution in [1.29, 1.82) is 0 Å². The van der Waals surface area contributed by atoms with Gasteiger partial charge in [-0.05, 0) is 24.6 Å². The Morgan fingerprint density at radius 3 is 2.71 bits per heavy atom. The van der Waals surface area contributed by atoms with Gasteiger partial charge in [0.1, 0.15) is 11.7 Å². The predicted octanol–water partition coefficient (Wildman–Crippen LogP) is 5.57. The Kier molecular flexibility index (Phi) is 6.90. The van der Waals surface area contributed by atoms with Gasteiger partial charge in [-0.25, -0.2) is 9.67 Å². The molecule has 4 heterocycles. The normalized spacial score (nSPS) is 13.7. The zero-order chi connectivity index (χ0) is 24.4. The Morgan fingerprint density at radius 2 is 1.94 bits per heavy atom. The number of aryl methyl sites for hydroxylation is 1. The summed E-state index contributed by atoms with van der Waals surface area (Å²) in [5.74, 6) is 0. The Labute approximate surface area is 212 Å². The van der Waals surface area contributed by atoms with E-state index in [-0.39, 0.29) is 0 Å². The first-order valence-electron chi connectivity index (χ1n) is 12.3. The van der Waals surface area contributed by atoms with Crippen molar-refractivity contribution in [2.45, 2.75) is 65.4 Å². The van der Waals surface area contributed by atoms with Crippen LogP contribution in [0, 0.1) is 0 Å².